The molecule has 0 atom stereocenters. The number of alkyl halides is 3. The minimum absolute atomic E-state index is 0.0899. The molecule has 0 saturated heterocycles. The van der Waals surface area contributed by atoms with Crippen molar-refractivity contribution in [1.82, 2.24) is 4.98 Å². The van der Waals surface area contributed by atoms with Crippen LogP contribution in [0.5, 0.6) is 0 Å². The van der Waals surface area contributed by atoms with Gasteiger partial charge in [0.25, 0.3) is 5.91 Å². The predicted molar refractivity (Wildman–Crippen MR) is 72.4 cm³/mol. The summed E-state index contributed by atoms with van der Waals surface area (Å²) >= 11 is 5.76. The molecule has 0 unspecified atom stereocenters. The highest BCUT2D eigenvalue weighted by molar-refractivity contribution is 6.33. The molecule has 2 aromatic rings. The fraction of sp³-hybridized carbons (Fsp3) is 0.0769. The standard InChI is InChI=1S/C13H8ClF4N3O/c14-9-4-7(5-20-11(9)12(19)22)21-10-2-1-6(15)3-8(10)13(16,17)18/h1-5,21H,(H2,19,22). The lowest BCUT2D eigenvalue weighted by Crippen LogP contribution is -2.14. The number of carbonyl (C=O) groups is 1. The maximum Gasteiger partial charge on any atom is 0.418 e. The van der Waals surface area contributed by atoms with E-state index in [9.17, 15) is 22.4 Å². The van der Waals surface area contributed by atoms with Crippen LogP contribution in [0.25, 0.3) is 0 Å². The molecule has 1 aromatic heterocycles. The van der Waals surface area contributed by atoms with Crippen LogP contribution in [0.1, 0.15) is 16.1 Å². The Morgan fingerprint density at radius 3 is 2.50 bits per heavy atom. The molecule has 1 amide bonds. The van der Waals surface area contributed by atoms with E-state index in [1.165, 1.54) is 6.07 Å². The van der Waals surface area contributed by atoms with Gasteiger partial charge in [-0.2, -0.15) is 13.2 Å². The minimum atomic E-state index is -4.74. The topological polar surface area (TPSA) is 68.0 Å². The molecule has 22 heavy (non-hydrogen) atoms. The van der Waals surface area contributed by atoms with Gasteiger partial charge in [-0.05, 0) is 24.3 Å². The Morgan fingerprint density at radius 2 is 1.95 bits per heavy atom. The number of anilines is 2. The van der Waals surface area contributed by atoms with Crippen LogP contribution in [0.15, 0.2) is 30.5 Å². The fourth-order valence-corrected chi connectivity index (χ4v) is 1.96. The molecule has 116 valence electrons. The van der Waals surface area contributed by atoms with Gasteiger partial charge in [0.05, 0.1) is 28.2 Å². The zero-order chi connectivity index (χ0) is 16.5. The van der Waals surface area contributed by atoms with Crippen molar-refractivity contribution in [2.45, 2.75) is 6.18 Å². The second-order valence-electron chi connectivity index (χ2n) is 4.23. The molecule has 0 spiro atoms. The van der Waals surface area contributed by atoms with Crippen LogP contribution in [-0.2, 0) is 6.18 Å². The van der Waals surface area contributed by atoms with Crippen LogP contribution in [0.3, 0.4) is 0 Å². The quantitative estimate of drug-likeness (QED) is 0.841. The first-order valence-electron chi connectivity index (χ1n) is 5.77. The van der Waals surface area contributed by atoms with Crippen LogP contribution in [0.4, 0.5) is 28.9 Å². The van der Waals surface area contributed by atoms with Crippen LogP contribution in [0, 0.1) is 5.82 Å². The lowest BCUT2D eigenvalue weighted by molar-refractivity contribution is -0.137. The van der Waals surface area contributed by atoms with Crippen LogP contribution < -0.4 is 11.1 Å². The molecule has 0 aliphatic heterocycles. The third-order valence-corrected chi connectivity index (χ3v) is 2.93. The van der Waals surface area contributed by atoms with Crippen molar-refractivity contribution in [3.63, 3.8) is 0 Å². The van der Waals surface area contributed by atoms with Crippen molar-refractivity contribution in [2.75, 3.05) is 5.32 Å². The largest absolute Gasteiger partial charge is 0.418 e. The fourth-order valence-electron chi connectivity index (χ4n) is 1.70. The van der Waals surface area contributed by atoms with Gasteiger partial charge in [-0.3, -0.25) is 4.79 Å². The van der Waals surface area contributed by atoms with Gasteiger partial charge in [0, 0.05) is 0 Å². The van der Waals surface area contributed by atoms with Crippen LogP contribution in [0.2, 0.25) is 5.02 Å². The number of carbonyl (C=O) groups excluding carboxylic acids is 1. The van der Waals surface area contributed by atoms with Gasteiger partial charge in [0.1, 0.15) is 11.5 Å². The van der Waals surface area contributed by atoms with Gasteiger partial charge < -0.3 is 11.1 Å². The highest BCUT2D eigenvalue weighted by atomic mass is 35.5. The summed E-state index contributed by atoms with van der Waals surface area (Å²) in [6.45, 7) is 0. The zero-order valence-electron chi connectivity index (χ0n) is 10.7. The van der Waals surface area contributed by atoms with E-state index in [0.29, 0.717) is 6.07 Å². The van der Waals surface area contributed by atoms with Crippen molar-refractivity contribution in [2.24, 2.45) is 5.73 Å². The zero-order valence-corrected chi connectivity index (χ0v) is 11.5. The Labute approximate surface area is 126 Å². The maximum absolute atomic E-state index is 13.0. The first-order chi connectivity index (χ1) is 10.2. The number of nitrogens with one attached hydrogen (secondary N) is 1. The lowest BCUT2D eigenvalue weighted by atomic mass is 10.1. The summed E-state index contributed by atoms with van der Waals surface area (Å²) in [5.41, 5.74) is 3.35. The molecule has 0 aliphatic carbocycles. The smallest absolute Gasteiger partial charge is 0.364 e. The Bertz CT molecular complexity index is 734. The number of nitrogens with zero attached hydrogens (tertiary/aromatic N) is 1. The van der Waals surface area contributed by atoms with Gasteiger partial charge in [-0.15, -0.1) is 0 Å². The van der Waals surface area contributed by atoms with E-state index in [2.05, 4.69) is 10.3 Å². The third-order valence-electron chi connectivity index (χ3n) is 2.64. The second kappa shape index (κ2) is 5.80. The second-order valence-corrected chi connectivity index (χ2v) is 4.64. The summed E-state index contributed by atoms with van der Waals surface area (Å²) in [7, 11) is 0. The van der Waals surface area contributed by atoms with E-state index in [0.717, 1.165) is 18.3 Å². The summed E-state index contributed by atoms with van der Waals surface area (Å²) in [4.78, 5) is 14.6. The van der Waals surface area contributed by atoms with Gasteiger partial charge in [-0.1, -0.05) is 11.6 Å². The summed E-state index contributed by atoms with van der Waals surface area (Å²) in [6.07, 6.45) is -3.65. The number of benzene rings is 1. The lowest BCUT2D eigenvalue weighted by Gasteiger charge is -2.15. The molecule has 1 aromatic carbocycles. The minimum Gasteiger partial charge on any atom is -0.364 e. The van der Waals surface area contributed by atoms with Crippen molar-refractivity contribution in [3.8, 4) is 0 Å². The van der Waals surface area contributed by atoms with E-state index >= 15 is 0 Å². The SMILES string of the molecule is NC(=O)c1ncc(Nc2ccc(F)cc2C(F)(F)F)cc1Cl. The van der Waals surface area contributed by atoms with E-state index in [-0.39, 0.29) is 22.1 Å². The molecular weight excluding hydrogens is 326 g/mol. The molecule has 0 saturated carbocycles. The number of hydrogen-bond acceptors (Lipinski definition) is 3. The molecule has 1 heterocycles. The third kappa shape index (κ3) is 3.45. The average Bonchev–Trinajstić information content (AvgIpc) is 2.39. The first-order valence-corrected chi connectivity index (χ1v) is 6.15. The summed E-state index contributed by atoms with van der Waals surface area (Å²) in [5.74, 6) is -1.88. The molecule has 2 rings (SSSR count). The normalized spacial score (nSPS) is 11.3. The average molecular weight is 334 g/mol. The number of amides is 1. The molecule has 0 radical (unpaired) electrons. The van der Waals surface area contributed by atoms with E-state index in [1.54, 1.807) is 0 Å². The predicted octanol–water partition coefficient (Wildman–Crippen LogP) is 3.74. The highest BCUT2D eigenvalue weighted by Gasteiger charge is 2.34. The van der Waals surface area contributed by atoms with Crippen LogP contribution in [-0.4, -0.2) is 10.9 Å². The Balaban J connectivity index is 2.39. The van der Waals surface area contributed by atoms with Crippen molar-refractivity contribution in [1.29, 1.82) is 0 Å². The van der Waals surface area contributed by atoms with Gasteiger partial charge in [0.2, 0.25) is 0 Å². The number of primary amides is 1. The molecular formula is C13H8ClF4N3O. The Kier molecular flexibility index (Phi) is 4.23. The monoisotopic (exact) mass is 333 g/mol. The van der Waals surface area contributed by atoms with Crippen LogP contribution >= 0.6 is 11.6 Å². The van der Waals surface area contributed by atoms with Crippen molar-refractivity contribution < 1.29 is 22.4 Å². The van der Waals surface area contributed by atoms with E-state index in [1.807, 2.05) is 0 Å². The Hall–Kier alpha value is -2.35. The molecule has 0 fully saturated rings. The van der Waals surface area contributed by atoms with Gasteiger partial charge in [0.15, 0.2) is 0 Å². The summed E-state index contributed by atoms with van der Waals surface area (Å²) in [5, 5.41) is 2.31. The number of pyridine rings is 1. The van der Waals surface area contributed by atoms with Crippen molar-refractivity contribution >= 4 is 28.9 Å². The number of rotatable bonds is 3. The molecule has 9 heteroatoms. The van der Waals surface area contributed by atoms with E-state index < -0.39 is 23.5 Å². The number of hydrogen-bond donors (Lipinski definition) is 2. The molecule has 4 nitrogen and oxygen atoms in total. The summed E-state index contributed by atoms with van der Waals surface area (Å²) < 4.78 is 51.6. The number of nitrogens with two attached hydrogens (primary N) is 1. The van der Waals surface area contributed by atoms with Gasteiger partial charge in [-0.25, -0.2) is 9.37 Å². The number of aromatic nitrogens is 1. The van der Waals surface area contributed by atoms with Crippen molar-refractivity contribution in [3.05, 3.63) is 52.6 Å². The Morgan fingerprint density at radius 1 is 1.27 bits per heavy atom. The highest BCUT2D eigenvalue weighted by Crippen LogP contribution is 2.36. The number of halogens is 5. The molecule has 0 aliphatic rings. The first kappa shape index (κ1) is 16.0. The maximum atomic E-state index is 13.0. The molecule has 0 bridgehead atoms. The van der Waals surface area contributed by atoms with E-state index in [4.69, 9.17) is 17.3 Å². The molecule has 3 N–H and O–H groups in total. The summed E-state index contributed by atoms with van der Waals surface area (Å²) in [6, 6.07) is 3.38. The van der Waals surface area contributed by atoms with Gasteiger partial charge >= 0.3 is 6.18 Å².